The summed E-state index contributed by atoms with van der Waals surface area (Å²) in [4.78, 5) is 11.4. The highest BCUT2D eigenvalue weighted by Crippen LogP contribution is 2.34. The first-order chi connectivity index (χ1) is 6.61. The zero-order valence-corrected chi connectivity index (χ0v) is 8.88. The maximum absolute atomic E-state index is 11.4. The molecule has 78 valence electrons. The molecule has 1 fully saturated rings. The number of ketones is 1. The van der Waals surface area contributed by atoms with E-state index in [0.717, 1.165) is 25.7 Å². The smallest absolute Gasteiger partial charge is 0.149 e. The third-order valence-electron chi connectivity index (χ3n) is 3.24. The van der Waals surface area contributed by atoms with Crippen molar-refractivity contribution >= 4 is 5.78 Å². The highest BCUT2D eigenvalue weighted by Gasteiger charge is 2.33. The number of nitriles is 1. The van der Waals surface area contributed by atoms with Crippen molar-refractivity contribution < 1.29 is 9.53 Å². The van der Waals surface area contributed by atoms with E-state index in [0.29, 0.717) is 0 Å². The molecule has 0 aromatic carbocycles. The van der Waals surface area contributed by atoms with Crippen molar-refractivity contribution in [2.45, 2.75) is 44.6 Å². The molecule has 1 aliphatic rings. The van der Waals surface area contributed by atoms with Gasteiger partial charge in [0.25, 0.3) is 0 Å². The number of nitrogens with zero attached hydrogens (tertiary/aromatic N) is 1. The molecule has 0 aromatic heterocycles. The average molecular weight is 195 g/mol. The van der Waals surface area contributed by atoms with E-state index in [-0.39, 0.29) is 23.7 Å². The number of rotatable bonds is 3. The van der Waals surface area contributed by atoms with Crippen molar-refractivity contribution in [1.29, 1.82) is 5.26 Å². The van der Waals surface area contributed by atoms with Gasteiger partial charge >= 0.3 is 0 Å². The van der Waals surface area contributed by atoms with Gasteiger partial charge in [-0.15, -0.1) is 0 Å². The van der Waals surface area contributed by atoms with Crippen molar-refractivity contribution in [3.63, 3.8) is 0 Å². The van der Waals surface area contributed by atoms with E-state index < -0.39 is 0 Å². The lowest BCUT2D eigenvalue weighted by Gasteiger charge is -2.35. The molecule has 0 amide bonds. The van der Waals surface area contributed by atoms with Crippen molar-refractivity contribution in [3.05, 3.63) is 0 Å². The lowest BCUT2D eigenvalue weighted by atomic mass is 9.77. The maximum Gasteiger partial charge on any atom is 0.149 e. The Hall–Kier alpha value is -0.880. The molecule has 1 rings (SSSR count). The number of ether oxygens (including phenoxy) is 1. The Morgan fingerprint density at radius 1 is 1.57 bits per heavy atom. The minimum Gasteiger partial charge on any atom is -0.379 e. The van der Waals surface area contributed by atoms with E-state index in [1.54, 1.807) is 7.11 Å². The Morgan fingerprint density at radius 2 is 2.14 bits per heavy atom. The quantitative estimate of drug-likeness (QED) is 0.692. The first-order valence-corrected chi connectivity index (χ1v) is 5.06. The normalized spacial score (nSPS) is 32.2. The van der Waals surface area contributed by atoms with Gasteiger partial charge in [-0.25, -0.2) is 0 Å². The number of carbonyl (C=O) groups excluding carboxylic acids is 1. The highest BCUT2D eigenvalue weighted by atomic mass is 16.5. The summed E-state index contributed by atoms with van der Waals surface area (Å²) in [5, 5.41) is 8.42. The lowest BCUT2D eigenvalue weighted by molar-refractivity contribution is -0.125. The van der Waals surface area contributed by atoms with Crippen LogP contribution in [0.25, 0.3) is 0 Å². The lowest BCUT2D eigenvalue weighted by Crippen LogP contribution is -2.34. The van der Waals surface area contributed by atoms with Gasteiger partial charge < -0.3 is 4.74 Å². The summed E-state index contributed by atoms with van der Waals surface area (Å²) in [6, 6.07) is 1.92. The monoisotopic (exact) mass is 195 g/mol. The molecule has 0 aromatic rings. The predicted octanol–water partition coefficient (Wildman–Crippen LogP) is 2.06. The zero-order valence-electron chi connectivity index (χ0n) is 8.88. The molecule has 0 spiro atoms. The Morgan fingerprint density at radius 3 is 2.57 bits per heavy atom. The first kappa shape index (κ1) is 11.2. The zero-order chi connectivity index (χ0) is 10.6. The van der Waals surface area contributed by atoms with E-state index in [1.807, 2.05) is 6.07 Å². The number of hydrogen-bond donors (Lipinski definition) is 0. The Kier molecular flexibility index (Phi) is 3.65. The topological polar surface area (TPSA) is 50.1 Å². The Labute approximate surface area is 85.1 Å². The average Bonchev–Trinajstić information content (AvgIpc) is 2.19. The molecule has 1 aliphatic carbocycles. The minimum atomic E-state index is -0.0522. The van der Waals surface area contributed by atoms with Crippen molar-refractivity contribution in [1.82, 2.24) is 0 Å². The van der Waals surface area contributed by atoms with Gasteiger partial charge in [-0.05, 0) is 32.6 Å². The number of carbonyl (C=O) groups is 1. The van der Waals surface area contributed by atoms with Gasteiger partial charge in [0.05, 0.1) is 18.1 Å². The van der Waals surface area contributed by atoms with E-state index in [4.69, 9.17) is 10.00 Å². The van der Waals surface area contributed by atoms with Gasteiger partial charge in [0.1, 0.15) is 5.78 Å². The number of hydrogen-bond acceptors (Lipinski definition) is 3. The molecular formula is C11H17NO2. The predicted molar refractivity (Wildman–Crippen MR) is 52.6 cm³/mol. The molecule has 0 heterocycles. The van der Waals surface area contributed by atoms with Gasteiger partial charge in [0, 0.05) is 13.0 Å². The molecule has 0 atom stereocenters. The molecular weight excluding hydrogens is 178 g/mol. The highest BCUT2D eigenvalue weighted by molar-refractivity contribution is 5.82. The van der Waals surface area contributed by atoms with Gasteiger partial charge in [0.15, 0.2) is 0 Å². The summed E-state index contributed by atoms with van der Waals surface area (Å²) in [6.45, 7) is 2.08. The third-order valence-corrected chi connectivity index (χ3v) is 3.24. The molecule has 0 saturated heterocycles. The molecule has 0 N–H and O–H groups in total. The largest absolute Gasteiger partial charge is 0.379 e. The second kappa shape index (κ2) is 4.56. The summed E-state index contributed by atoms with van der Waals surface area (Å²) in [5.41, 5.74) is -0.0522. The molecule has 14 heavy (non-hydrogen) atoms. The van der Waals surface area contributed by atoms with Crippen LogP contribution in [0.15, 0.2) is 0 Å². The fourth-order valence-electron chi connectivity index (χ4n) is 1.98. The first-order valence-electron chi connectivity index (χ1n) is 5.06. The minimum absolute atomic E-state index is 0.0522. The number of methoxy groups -OCH3 is 1. The van der Waals surface area contributed by atoms with Gasteiger partial charge in [-0.1, -0.05) is 0 Å². The maximum atomic E-state index is 11.4. The van der Waals surface area contributed by atoms with Crippen molar-refractivity contribution in [2.24, 2.45) is 5.92 Å². The molecule has 1 saturated carbocycles. The van der Waals surface area contributed by atoms with Crippen LogP contribution in [0.4, 0.5) is 0 Å². The summed E-state index contributed by atoms with van der Waals surface area (Å²) < 4.78 is 5.39. The van der Waals surface area contributed by atoms with Crippen LogP contribution in [0, 0.1) is 17.2 Å². The third kappa shape index (κ3) is 2.55. The van der Waals surface area contributed by atoms with Gasteiger partial charge in [-0.3, -0.25) is 4.79 Å². The van der Waals surface area contributed by atoms with Crippen LogP contribution in [0.1, 0.15) is 39.0 Å². The van der Waals surface area contributed by atoms with Crippen LogP contribution in [-0.2, 0) is 9.53 Å². The SMILES string of the molecule is COC1(C)CCC(C(=O)CC#N)CC1. The van der Waals surface area contributed by atoms with Crippen molar-refractivity contribution in [3.8, 4) is 6.07 Å². The fraction of sp³-hybridized carbons (Fsp3) is 0.818. The van der Waals surface area contributed by atoms with E-state index in [1.165, 1.54) is 0 Å². The molecule has 0 bridgehead atoms. The molecule has 3 nitrogen and oxygen atoms in total. The fourth-order valence-corrected chi connectivity index (χ4v) is 1.98. The molecule has 3 heteroatoms. The van der Waals surface area contributed by atoms with Gasteiger partial charge in [0.2, 0.25) is 0 Å². The summed E-state index contributed by atoms with van der Waals surface area (Å²) in [5.74, 6) is 0.198. The van der Waals surface area contributed by atoms with Crippen molar-refractivity contribution in [2.75, 3.05) is 7.11 Å². The van der Waals surface area contributed by atoms with Crippen LogP contribution in [-0.4, -0.2) is 18.5 Å². The summed E-state index contributed by atoms with van der Waals surface area (Å²) in [6.07, 6.45) is 3.64. The second-order valence-electron chi connectivity index (χ2n) is 4.23. The summed E-state index contributed by atoms with van der Waals surface area (Å²) >= 11 is 0. The van der Waals surface area contributed by atoms with Gasteiger partial charge in [-0.2, -0.15) is 5.26 Å². The molecule has 0 radical (unpaired) electrons. The number of Topliss-reactive ketones (excluding diaryl/α,β-unsaturated/α-hetero) is 1. The van der Waals surface area contributed by atoms with E-state index >= 15 is 0 Å². The van der Waals surface area contributed by atoms with Crippen LogP contribution in [0.5, 0.6) is 0 Å². The van der Waals surface area contributed by atoms with E-state index in [2.05, 4.69) is 6.92 Å². The molecule has 0 aliphatic heterocycles. The Bertz CT molecular complexity index is 247. The van der Waals surface area contributed by atoms with Crippen LogP contribution < -0.4 is 0 Å². The van der Waals surface area contributed by atoms with Crippen LogP contribution >= 0.6 is 0 Å². The van der Waals surface area contributed by atoms with Crippen LogP contribution in [0.2, 0.25) is 0 Å². The second-order valence-corrected chi connectivity index (χ2v) is 4.23. The summed E-state index contributed by atoms with van der Waals surface area (Å²) in [7, 11) is 1.72. The van der Waals surface area contributed by atoms with Crippen LogP contribution in [0.3, 0.4) is 0 Å². The standard InChI is InChI=1S/C11H17NO2/c1-11(14-2)6-3-9(4-7-11)10(13)5-8-12/h9H,3-7H2,1-2H3. The van der Waals surface area contributed by atoms with E-state index in [9.17, 15) is 4.79 Å². The molecule has 0 unspecified atom stereocenters. The Balaban J connectivity index is 2.44.